The highest BCUT2D eigenvalue weighted by Crippen LogP contribution is 1.92. The molecule has 0 aliphatic carbocycles. The lowest BCUT2D eigenvalue weighted by molar-refractivity contribution is 0.376. The molecule has 0 rings (SSSR count). The quantitative estimate of drug-likeness (QED) is 0.553. The summed E-state index contributed by atoms with van der Waals surface area (Å²) in [5.74, 6) is 6.33. The number of rotatable bonds is 2. The van der Waals surface area contributed by atoms with E-state index in [2.05, 4.69) is 23.7 Å². The summed E-state index contributed by atoms with van der Waals surface area (Å²) in [4.78, 5) is 2.12. The average molecular weight is 140 g/mol. The van der Waals surface area contributed by atoms with E-state index in [9.17, 15) is 0 Å². The number of hydrogen-bond acceptors (Lipinski definition) is 2. The highest BCUT2D eigenvalue weighted by atomic mass is 15.0. The highest BCUT2D eigenvalue weighted by molar-refractivity contribution is 5.03. The van der Waals surface area contributed by atoms with Gasteiger partial charge in [-0.25, -0.2) is 0 Å². The van der Waals surface area contributed by atoms with Crippen molar-refractivity contribution in [2.24, 2.45) is 11.7 Å². The zero-order valence-electron chi connectivity index (χ0n) is 7.02. The number of hydrogen-bond donors (Lipinski definition) is 1. The van der Waals surface area contributed by atoms with Gasteiger partial charge in [-0.05, 0) is 14.1 Å². The minimum absolute atomic E-state index is 0.429. The standard InChI is InChI=1S/C8H16N2/c1-8(5-4-6-9)7-10(2)3/h8H,6-7,9H2,1-3H3. The van der Waals surface area contributed by atoms with Crippen LogP contribution in [0.2, 0.25) is 0 Å². The lowest BCUT2D eigenvalue weighted by Crippen LogP contribution is -2.18. The SMILES string of the molecule is CC(C#CCN)CN(C)C. The maximum Gasteiger partial charge on any atom is 0.0551 e. The molecular formula is C8H16N2. The number of nitrogens with two attached hydrogens (primary N) is 1. The van der Waals surface area contributed by atoms with Gasteiger partial charge in [0, 0.05) is 12.5 Å². The van der Waals surface area contributed by atoms with E-state index in [-0.39, 0.29) is 0 Å². The molecule has 1 atom stereocenters. The van der Waals surface area contributed by atoms with Crippen LogP contribution in [0.15, 0.2) is 0 Å². The predicted octanol–water partition coefficient (Wildman–Crippen LogP) is 0.146. The van der Waals surface area contributed by atoms with Crippen molar-refractivity contribution in [3.8, 4) is 11.8 Å². The fourth-order valence-corrected chi connectivity index (χ4v) is 0.827. The molecule has 0 aliphatic rings. The normalized spacial score (nSPS) is 12.5. The first-order chi connectivity index (χ1) is 4.66. The topological polar surface area (TPSA) is 29.3 Å². The molecule has 58 valence electrons. The second-order valence-corrected chi connectivity index (χ2v) is 2.69. The van der Waals surface area contributed by atoms with Gasteiger partial charge in [0.25, 0.3) is 0 Å². The zero-order valence-corrected chi connectivity index (χ0v) is 7.02. The molecule has 0 saturated heterocycles. The molecule has 10 heavy (non-hydrogen) atoms. The molecule has 0 radical (unpaired) electrons. The summed E-state index contributed by atoms with van der Waals surface area (Å²) in [6.45, 7) is 3.58. The summed E-state index contributed by atoms with van der Waals surface area (Å²) in [6, 6.07) is 0. The van der Waals surface area contributed by atoms with Gasteiger partial charge in [0.2, 0.25) is 0 Å². The van der Waals surface area contributed by atoms with Crippen molar-refractivity contribution < 1.29 is 0 Å². The first-order valence-corrected chi connectivity index (χ1v) is 3.50. The van der Waals surface area contributed by atoms with Crippen LogP contribution in [0, 0.1) is 17.8 Å². The van der Waals surface area contributed by atoms with Crippen LogP contribution < -0.4 is 5.73 Å². The van der Waals surface area contributed by atoms with Crippen LogP contribution >= 0.6 is 0 Å². The highest BCUT2D eigenvalue weighted by Gasteiger charge is 1.96. The first kappa shape index (κ1) is 9.48. The Kier molecular flexibility index (Phi) is 5.00. The Morgan fingerprint density at radius 2 is 2.10 bits per heavy atom. The Morgan fingerprint density at radius 1 is 1.50 bits per heavy atom. The molecule has 0 amide bonds. The number of nitrogens with zero attached hydrogens (tertiary/aromatic N) is 1. The molecule has 0 spiro atoms. The Hall–Kier alpha value is -0.520. The minimum atomic E-state index is 0.429. The lowest BCUT2D eigenvalue weighted by atomic mass is 10.2. The van der Waals surface area contributed by atoms with E-state index in [4.69, 9.17) is 5.73 Å². The van der Waals surface area contributed by atoms with Crippen LogP contribution in [0.3, 0.4) is 0 Å². The Balaban J connectivity index is 3.52. The molecule has 0 heterocycles. The average Bonchev–Trinajstić information content (AvgIpc) is 1.82. The van der Waals surface area contributed by atoms with Gasteiger partial charge in [-0.2, -0.15) is 0 Å². The van der Waals surface area contributed by atoms with E-state index in [0.29, 0.717) is 12.5 Å². The molecule has 2 nitrogen and oxygen atoms in total. The van der Waals surface area contributed by atoms with Crippen molar-refractivity contribution in [3.63, 3.8) is 0 Å². The molecule has 0 fully saturated rings. The third kappa shape index (κ3) is 5.61. The molecule has 2 N–H and O–H groups in total. The summed E-state index contributed by atoms with van der Waals surface area (Å²) in [6.07, 6.45) is 0. The Labute approximate surface area is 63.4 Å². The monoisotopic (exact) mass is 140 g/mol. The van der Waals surface area contributed by atoms with E-state index >= 15 is 0 Å². The first-order valence-electron chi connectivity index (χ1n) is 3.50. The fourth-order valence-electron chi connectivity index (χ4n) is 0.827. The van der Waals surface area contributed by atoms with Gasteiger partial charge in [-0.3, -0.25) is 0 Å². The van der Waals surface area contributed by atoms with E-state index < -0.39 is 0 Å². The largest absolute Gasteiger partial charge is 0.320 e. The van der Waals surface area contributed by atoms with Gasteiger partial charge in [-0.1, -0.05) is 18.8 Å². The van der Waals surface area contributed by atoms with E-state index in [1.54, 1.807) is 0 Å². The fraction of sp³-hybridized carbons (Fsp3) is 0.750. The molecule has 0 bridgehead atoms. The van der Waals surface area contributed by atoms with Gasteiger partial charge in [0.1, 0.15) is 0 Å². The van der Waals surface area contributed by atoms with E-state index in [1.165, 1.54) is 0 Å². The molecule has 0 aromatic heterocycles. The maximum absolute atomic E-state index is 5.22. The van der Waals surface area contributed by atoms with E-state index in [1.807, 2.05) is 14.1 Å². The van der Waals surface area contributed by atoms with Gasteiger partial charge in [-0.15, -0.1) is 0 Å². The van der Waals surface area contributed by atoms with Crippen molar-refractivity contribution >= 4 is 0 Å². The zero-order chi connectivity index (χ0) is 7.98. The van der Waals surface area contributed by atoms with Crippen LogP contribution in [-0.4, -0.2) is 32.1 Å². The third-order valence-corrected chi connectivity index (χ3v) is 1.09. The van der Waals surface area contributed by atoms with Gasteiger partial charge >= 0.3 is 0 Å². The van der Waals surface area contributed by atoms with Gasteiger partial charge in [0.05, 0.1) is 6.54 Å². The van der Waals surface area contributed by atoms with Crippen LogP contribution in [0.1, 0.15) is 6.92 Å². The minimum Gasteiger partial charge on any atom is -0.320 e. The smallest absolute Gasteiger partial charge is 0.0551 e. The molecule has 2 heteroatoms. The second-order valence-electron chi connectivity index (χ2n) is 2.69. The summed E-state index contributed by atoms with van der Waals surface area (Å²) in [5, 5.41) is 0. The molecule has 0 aromatic carbocycles. The van der Waals surface area contributed by atoms with Crippen molar-refractivity contribution in [1.82, 2.24) is 4.90 Å². The Bertz CT molecular complexity index is 130. The summed E-state index contributed by atoms with van der Waals surface area (Å²) in [5.41, 5.74) is 5.22. The van der Waals surface area contributed by atoms with Crippen molar-refractivity contribution in [2.45, 2.75) is 6.92 Å². The van der Waals surface area contributed by atoms with Crippen molar-refractivity contribution in [3.05, 3.63) is 0 Å². The molecular weight excluding hydrogens is 124 g/mol. The van der Waals surface area contributed by atoms with Crippen LogP contribution in [-0.2, 0) is 0 Å². The maximum atomic E-state index is 5.22. The second kappa shape index (κ2) is 5.28. The Morgan fingerprint density at radius 3 is 2.50 bits per heavy atom. The van der Waals surface area contributed by atoms with Crippen molar-refractivity contribution in [2.75, 3.05) is 27.2 Å². The van der Waals surface area contributed by atoms with Crippen molar-refractivity contribution in [1.29, 1.82) is 0 Å². The summed E-state index contributed by atoms with van der Waals surface area (Å²) >= 11 is 0. The third-order valence-electron chi connectivity index (χ3n) is 1.09. The van der Waals surface area contributed by atoms with Gasteiger partial charge < -0.3 is 10.6 Å². The molecule has 0 aromatic rings. The van der Waals surface area contributed by atoms with Crippen LogP contribution in [0.25, 0.3) is 0 Å². The van der Waals surface area contributed by atoms with E-state index in [0.717, 1.165) is 6.54 Å². The van der Waals surface area contributed by atoms with Crippen LogP contribution in [0.4, 0.5) is 0 Å². The molecule has 0 aliphatic heterocycles. The summed E-state index contributed by atoms with van der Waals surface area (Å²) < 4.78 is 0. The lowest BCUT2D eigenvalue weighted by Gasteiger charge is -2.10. The predicted molar refractivity (Wildman–Crippen MR) is 44.5 cm³/mol. The molecule has 1 unspecified atom stereocenters. The van der Waals surface area contributed by atoms with Crippen LogP contribution in [0.5, 0.6) is 0 Å². The molecule has 0 saturated carbocycles. The summed E-state index contributed by atoms with van der Waals surface area (Å²) in [7, 11) is 4.08. The van der Waals surface area contributed by atoms with Gasteiger partial charge in [0.15, 0.2) is 0 Å².